The number of nitrogens with one attached hydrogen (secondary N) is 2. The third-order valence-electron chi connectivity index (χ3n) is 4.08. The number of carbonyl (C=O) groups is 1. The average molecular weight is 332 g/mol. The molecule has 0 bridgehead atoms. The molecule has 4 rings (SSSR count). The molecule has 1 unspecified atom stereocenters. The van der Waals surface area contributed by atoms with Gasteiger partial charge in [-0.2, -0.15) is 5.10 Å². The first-order valence-corrected chi connectivity index (χ1v) is 7.98. The van der Waals surface area contributed by atoms with Crippen LogP contribution in [0.3, 0.4) is 0 Å². The molecule has 0 radical (unpaired) electrons. The molecule has 2 heterocycles. The fourth-order valence-electron chi connectivity index (χ4n) is 2.82. The van der Waals surface area contributed by atoms with Gasteiger partial charge in [-0.1, -0.05) is 48.5 Å². The predicted octanol–water partition coefficient (Wildman–Crippen LogP) is 3.11. The van der Waals surface area contributed by atoms with Crippen molar-refractivity contribution in [2.75, 3.05) is 6.54 Å². The summed E-state index contributed by atoms with van der Waals surface area (Å²) in [4.78, 5) is 16.7. The number of furan rings is 1. The van der Waals surface area contributed by atoms with Crippen LogP contribution in [0.4, 0.5) is 0 Å². The quantitative estimate of drug-likeness (QED) is 0.588. The maximum Gasteiger partial charge on any atom is 0.287 e. The van der Waals surface area contributed by atoms with Crippen LogP contribution in [0.2, 0.25) is 0 Å². The lowest BCUT2D eigenvalue weighted by Gasteiger charge is -2.15. The molecule has 4 aromatic rings. The number of nitrogens with zero attached hydrogens (tertiary/aromatic N) is 2. The molecule has 1 atom stereocenters. The van der Waals surface area contributed by atoms with Crippen molar-refractivity contribution in [2.45, 2.75) is 5.92 Å². The van der Waals surface area contributed by atoms with Crippen molar-refractivity contribution in [3.8, 4) is 0 Å². The summed E-state index contributed by atoms with van der Waals surface area (Å²) in [6.45, 7) is 0.384. The number of benzene rings is 2. The first kappa shape index (κ1) is 15.1. The van der Waals surface area contributed by atoms with Gasteiger partial charge in [-0.25, -0.2) is 4.98 Å². The number of para-hydroxylation sites is 1. The Kier molecular flexibility index (Phi) is 4.00. The normalized spacial score (nSPS) is 12.2. The summed E-state index contributed by atoms with van der Waals surface area (Å²) in [5.41, 5.74) is 1.74. The molecule has 2 N–H and O–H groups in total. The largest absolute Gasteiger partial charge is 0.451 e. The van der Waals surface area contributed by atoms with E-state index in [0.29, 0.717) is 23.7 Å². The molecule has 0 saturated heterocycles. The van der Waals surface area contributed by atoms with Crippen molar-refractivity contribution in [1.29, 1.82) is 0 Å². The van der Waals surface area contributed by atoms with Crippen LogP contribution in [-0.2, 0) is 0 Å². The SMILES string of the molecule is O=C(NCC(c1ccccc1)c1ncn[nH]1)c1cc2ccccc2o1. The van der Waals surface area contributed by atoms with E-state index >= 15 is 0 Å². The molecule has 6 heteroatoms. The second-order valence-electron chi connectivity index (χ2n) is 5.69. The number of rotatable bonds is 5. The third kappa shape index (κ3) is 3.14. The highest BCUT2D eigenvalue weighted by molar-refractivity contribution is 5.96. The van der Waals surface area contributed by atoms with E-state index in [0.717, 1.165) is 10.9 Å². The molecule has 124 valence electrons. The molecule has 0 aliphatic carbocycles. The van der Waals surface area contributed by atoms with Gasteiger partial charge in [-0.05, 0) is 17.7 Å². The van der Waals surface area contributed by atoms with Crippen molar-refractivity contribution in [2.24, 2.45) is 0 Å². The summed E-state index contributed by atoms with van der Waals surface area (Å²) < 4.78 is 5.61. The fourth-order valence-corrected chi connectivity index (χ4v) is 2.82. The monoisotopic (exact) mass is 332 g/mol. The molecule has 0 aliphatic heterocycles. The minimum atomic E-state index is -0.253. The van der Waals surface area contributed by atoms with Crippen LogP contribution in [0.15, 0.2) is 71.4 Å². The highest BCUT2D eigenvalue weighted by atomic mass is 16.3. The van der Waals surface area contributed by atoms with Gasteiger partial charge in [-0.15, -0.1) is 0 Å². The Morgan fingerprint density at radius 3 is 2.68 bits per heavy atom. The van der Waals surface area contributed by atoms with E-state index in [1.165, 1.54) is 6.33 Å². The smallest absolute Gasteiger partial charge is 0.287 e. The highest BCUT2D eigenvalue weighted by Gasteiger charge is 2.19. The van der Waals surface area contributed by atoms with E-state index in [4.69, 9.17) is 4.42 Å². The Hall–Kier alpha value is -3.41. The zero-order valence-electron chi connectivity index (χ0n) is 13.3. The number of aromatic nitrogens is 3. The van der Waals surface area contributed by atoms with E-state index in [-0.39, 0.29) is 11.8 Å². The van der Waals surface area contributed by atoms with Crippen LogP contribution in [0, 0.1) is 0 Å². The third-order valence-corrected chi connectivity index (χ3v) is 4.08. The number of hydrogen-bond donors (Lipinski definition) is 2. The van der Waals surface area contributed by atoms with E-state index in [9.17, 15) is 4.79 Å². The Labute approximate surface area is 143 Å². The van der Waals surface area contributed by atoms with E-state index in [1.807, 2.05) is 54.6 Å². The first-order chi connectivity index (χ1) is 12.3. The molecule has 0 spiro atoms. The summed E-state index contributed by atoms with van der Waals surface area (Å²) in [5.74, 6) is 0.635. The minimum Gasteiger partial charge on any atom is -0.451 e. The van der Waals surface area contributed by atoms with Crippen LogP contribution < -0.4 is 5.32 Å². The first-order valence-electron chi connectivity index (χ1n) is 7.98. The second kappa shape index (κ2) is 6.60. The molecule has 6 nitrogen and oxygen atoms in total. The van der Waals surface area contributed by atoms with E-state index < -0.39 is 0 Å². The summed E-state index contributed by atoms with van der Waals surface area (Å²) in [6.07, 6.45) is 1.46. The molecule has 25 heavy (non-hydrogen) atoms. The maximum absolute atomic E-state index is 12.5. The van der Waals surface area contributed by atoms with Crippen LogP contribution in [0.25, 0.3) is 11.0 Å². The molecular weight excluding hydrogens is 316 g/mol. The van der Waals surface area contributed by atoms with Crippen molar-refractivity contribution < 1.29 is 9.21 Å². The van der Waals surface area contributed by atoms with Gasteiger partial charge in [0.05, 0.1) is 5.92 Å². The number of aromatic amines is 1. The van der Waals surface area contributed by atoms with E-state index in [2.05, 4.69) is 20.5 Å². The number of hydrogen-bond acceptors (Lipinski definition) is 4. The number of fused-ring (bicyclic) bond motifs is 1. The van der Waals surface area contributed by atoms with Gasteiger partial charge in [0, 0.05) is 11.9 Å². The lowest BCUT2D eigenvalue weighted by Crippen LogP contribution is -2.29. The summed E-state index contributed by atoms with van der Waals surface area (Å²) in [7, 11) is 0. The average Bonchev–Trinajstić information content (AvgIpc) is 3.32. The van der Waals surface area contributed by atoms with Gasteiger partial charge < -0.3 is 9.73 Å². The predicted molar refractivity (Wildman–Crippen MR) is 93.2 cm³/mol. The Morgan fingerprint density at radius 1 is 1.12 bits per heavy atom. The van der Waals surface area contributed by atoms with Gasteiger partial charge in [0.25, 0.3) is 5.91 Å². The second-order valence-corrected chi connectivity index (χ2v) is 5.69. The summed E-state index contributed by atoms with van der Waals surface area (Å²) >= 11 is 0. The van der Waals surface area contributed by atoms with E-state index in [1.54, 1.807) is 6.07 Å². The van der Waals surface area contributed by atoms with Gasteiger partial charge >= 0.3 is 0 Å². The number of amides is 1. The van der Waals surface area contributed by atoms with Crippen molar-refractivity contribution >= 4 is 16.9 Å². The van der Waals surface area contributed by atoms with Crippen molar-refractivity contribution in [1.82, 2.24) is 20.5 Å². The van der Waals surface area contributed by atoms with Crippen molar-refractivity contribution in [3.63, 3.8) is 0 Å². The number of H-pyrrole nitrogens is 1. The van der Waals surface area contributed by atoms with Crippen LogP contribution >= 0.6 is 0 Å². The molecule has 2 aromatic heterocycles. The summed E-state index contributed by atoms with van der Waals surface area (Å²) in [6, 6.07) is 19.2. The lowest BCUT2D eigenvalue weighted by molar-refractivity contribution is 0.0926. The standard InChI is InChI=1S/C19H16N4O2/c24-19(17-10-14-8-4-5-9-16(14)25-17)20-11-15(18-21-12-22-23-18)13-6-2-1-3-7-13/h1-10,12,15H,11H2,(H,20,24)(H,21,22,23). The lowest BCUT2D eigenvalue weighted by atomic mass is 9.98. The molecule has 1 amide bonds. The van der Waals surface area contributed by atoms with Gasteiger partial charge in [0.2, 0.25) is 0 Å². The zero-order valence-corrected chi connectivity index (χ0v) is 13.3. The Morgan fingerprint density at radius 2 is 1.92 bits per heavy atom. The molecule has 0 fully saturated rings. The highest BCUT2D eigenvalue weighted by Crippen LogP contribution is 2.21. The molecule has 0 saturated carbocycles. The summed E-state index contributed by atoms with van der Waals surface area (Å²) in [5, 5.41) is 10.6. The topological polar surface area (TPSA) is 83.8 Å². The molecular formula is C19H16N4O2. The maximum atomic E-state index is 12.5. The van der Waals surface area contributed by atoms with Crippen molar-refractivity contribution in [3.05, 3.63) is 84.1 Å². The van der Waals surface area contributed by atoms with Gasteiger partial charge in [0.1, 0.15) is 17.7 Å². The van der Waals surface area contributed by atoms with Gasteiger partial charge in [-0.3, -0.25) is 9.89 Å². The fraction of sp³-hybridized carbons (Fsp3) is 0.105. The minimum absolute atomic E-state index is 0.114. The molecule has 2 aromatic carbocycles. The van der Waals surface area contributed by atoms with Gasteiger partial charge in [0.15, 0.2) is 5.76 Å². The Balaban J connectivity index is 1.54. The number of carbonyl (C=O) groups excluding carboxylic acids is 1. The van der Waals surface area contributed by atoms with Crippen LogP contribution in [0.5, 0.6) is 0 Å². The Bertz CT molecular complexity index is 944. The molecule has 0 aliphatic rings. The van der Waals surface area contributed by atoms with Crippen LogP contribution in [-0.4, -0.2) is 27.6 Å². The zero-order chi connectivity index (χ0) is 17.1. The van der Waals surface area contributed by atoms with Crippen LogP contribution in [0.1, 0.15) is 27.9 Å².